The zero-order chi connectivity index (χ0) is 60.5. The summed E-state index contributed by atoms with van der Waals surface area (Å²) in [6.07, 6.45) is 26.5. The van der Waals surface area contributed by atoms with Crippen molar-refractivity contribution in [3.05, 3.63) is 48.6 Å². The summed E-state index contributed by atoms with van der Waals surface area (Å²) in [4.78, 5) is 13.4. The summed E-state index contributed by atoms with van der Waals surface area (Å²) < 4.78 is 34.3. The van der Waals surface area contributed by atoms with Crippen LogP contribution in [0.25, 0.3) is 0 Å². The molecule has 3 rings (SSSR count). The van der Waals surface area contributed by atoms with Crippen LogP contribution in [0.2, 0.25) is 0 Å². The standard InChI is InChI=1S/C64H115NO18/c1-3-5-7-9-11-13-15-17-19-21-22-23-24-26-27-29-31-33-35-37-39-41-48(69)47(65-52(70)42-40-38-36-34-32-30-28-25-20-18-16-14-12-10-8-6-4-2)46-78-62-58(76)55(73)60(50(44-67)80-62)83-64-59(77)56(74)61(51(45-68)81-64)82-63-57(75)54(72)53(71)49(43-66)79-63/h6,8,12,14,18,20,39,41,47-51,53-64,66-69,71-77H,3-5,7,9-11,13,15-17,19,21-38,40,42-46H2,1-2H3,(H,65,70)/b8-6-,14-12-,20-18-,41-39+. The summed E-state index contributed by atoms with van der Waals surface area (Å²) >= 11 is 0. The number of aliphatic hydroxyl groups is 11. The molecule has 83 heavy (non-hydrogen) atoms. The molecule has 0 aromatic rings. The van der Waals surface area contributed by atoms with E-state index in [2.05, 4.69) is 55.6 Å². The van der Waals surface area contributed by atoms with E-state index in [0.29, 0.717) is 6.42 Å². The quantitative estimate of drug-likeness (QED) is 0.0215. The molecule has 0 aliphatic carbocycles. The molecule has 3 aliphatic rings. The molecular weight excluding hydrogens is 1070 g/mol. The maximum Gasteiger partial charge on any atom is 0.220 e. The Labute approximate surface area is 497 Å². The Bertz CT molecular complexity index is 1700. The summed E-state index contributed by atoms with van der Waals surface area (Å²) in [5, 5.41) is 120. The van der Waals surface area contributed by atoms with Gasteiger partial charge in [-0.2, -0.15) is 0 Å². The maximum atomic E-state index is 13.4. The summed E-state index contributed by atoms with van der Waals surface area (Å²) in [5.41, 5.74) is 0. The molecule has 19 heteroatoms. The molecule has 0 saturated carbocycles. The SMILES string of the molecule is CC/C=C\C/C=C\C/C=C\CCCCCCCCCC(=O)NC(COC1OC(CO)C(OC2OC(CO)C(OC3OC(CO)C(O)C(O)C3O)C(O)C2O)C(O)C1O)C(O)/C=C/CCCCCCCCCCCCCCCCCCCCC. The Kier molecular flexibility index (Phi) is 42.3. The highest BCUT2D eigenvalue weighted by atomic mass is 16.8. The van der Waals surface area contributed by atoms with Gasteiger partial charge in [0.1, 0.15) is 73.2 Å². The van der Waals surface area contributed by atoms with Crippen molar-refractivity contribution < 1.29 is 89.4 Å². The van der Waals surface area contributed by atoms with Crippen LogP contribution in [0.5, 0.6) is 0 Å². The first-order chi connectivity index (χ1) is 40.3. The minimum Gasteiger partial charge on any atom is -0.394 e. The van der Waals surface area contributed by atoms with Crippen LogP contribution in [0.3, 0.4) is 0 Å². The van der Waals surface area contributed by atoms with E-state index in [9.17, 15) is 61.0 Å². The van der Waals surface area contributed by atoms with E-state index in [1.54, 1.807) is 6.08 Å². The molecule has 3 heterocycles. The highest BCUT2D eigenvalue weighted by Gasteiger charge is 2.53. The number of amides is 1. The average molecular weight is 1190 g/mol. The van der Waals surface area contributed by atoms with Gasteiger partial charge in [0.2, 0.25) is 5.91 Å². The number of allylic oxidation sites excluding steroid dienone is 7. The van der Waals surface area contributed by atoms with Gasteiger partial charge in [0.25, 0.3) is 0 Å². The third-order valence-electron chi connectivity index (χ3n) is 16.1. The first kappa shape index (κ1) is 75.0. The van der Waals surface area contributed by atoms with Crippen LogP contribution >= 0.6 is 0 Å². The number of ether oxygens (including phenoxy) is 6. The van der Waals surface area contributed by atoms with Crippen molar-refractivity contribution in [2.24, 2.45) is 0 Å². The molecule has 1 amide bonds. The van der Waals surface area contributed by atoms with Gasteiger partial charge in [-0.25, -0.2) is 0 Å². The lowest BCUT2D eigenvalue weighted by atomic mass is 9.96. The van der Waals surface area contributed by atoms with Gasteiger partial charge in [-0.05, 0) is 51.4 Å². The van der Waals surface area contributed by atoms with Crippen LogP contribution in [-0.2, 0) is 33.2 Å². The van der Waals surface area contributed by atoms with Crippen molar-refractivity contribution >= 4 is 5.91 Å². The number of aliphatic hydroxyl groups excluding tert-OH is 11. The number of nitrogens with one attached hydrogen (secondary N) is 1. The normalized spacial score (nSPS) is 29.7. The van der Waals surface area contributed by atoms with Crippen LogP contribution in [0.1, 0.15) is 219 Å². The zero-order valence-electron chi connectivity index (χ0n) is 50.7. The summed E-state index contributed by atoms with van der Waals surface area (Å²) in [6.45, 7) is 1.62. The van der Waals surface area contributed by atoms with Crippen molar-refractivity contribution in [1.29, 1.82) is 0 Å². The minimum absolute atomic E-state index is 0.231. The van der Waals surface area contributed by atoms with E-state index in [1.165, 1.54) is 103 Å². The molecule has 17 unspecified atom stereocenters. The van der Waals surface area contributed by atoms with Gasteiger partial charge >= 0.3 is 0 Å². The van der Waals surface area contributed by atoms with Crippen molar-refractivity contribution in [2.75, 3.05) is 26.4 Å². The lowest BCUT2D eigenvalue weighted by molar-refractivity contribution is -0.379. The predicted octanol–water partition coefficient (Wildman–Crippen LogP) is 7.04. The zero-order valence-corrected chi connectivity index (χ0v) is 50.7. The van der Waals surface area contributed by atoms with Crippen molar-refractivity contribution in [3.63, 3.8) is 0 Å². The molecule has 3 saturated heterocycles. The number of rotatable bonds is 48. The number of carbonyl (C=O) groups is 1. The lowest BCUT2D eigenvalue weighted by Crippen LogP contribution is -2.66. The molecule has 19 nitrogen and oxygen atoms in total. The Morgan fingerprint density at radius 1 is 0.446 bits per heavy atom. The van der Waals surface area contributed by atoms with Gasteiger partial charge in [-0.15, -0.1) is 0 Å². The van der Waals surface area contributed by atoms with Crippen molar-refractivity contribution in [2.45, 2.75) is 324 Å². The number of hydrogen-bond donors (Lipinski definition) is 12. The van der Waals surface area contributed by atoms with E-state index in [1.807, 2.05) is 6.08 Å². The molecule has 17 atom stereocenters. The van der Waals surface area contributed by atoms with Crippen LogP contribution < -0.4 is 5.32 Å². The van der Waals surface area contributed by atoms with E-state index >= 15 is 0 Å². The van der Waals surface area contributed by atoms with Gasteiger partial charge in [0.05, 0.1) is 38.6 Å². The van der Waals surface area contributed by atoms with Crippen molar-refractivity contribution in [1.82, 2.24) is 5.32 Å². The Morgan fingerprint density at radius 2 is 0.831 bits per heavy atom. The Hall–Kier alpha value is -2.25. The smallest absolute Gasteiger partial charge is 0.220 e. The van der Waals surface area contributed by atoms with Crippen molar-refractivity contribution in [3.8, 4) is 0 Å². The molecular formula is C64H115NO18. The summed E-state index contributed by atoms with van der Waals surface area (Å²) in [6, 6.07) is -0.979. The fourth-order valence-electron chi connectivity index (χ4n) is 10.9. The molecule has 0 aromatic carbocycles. The summed E-state index contributed by atoms with van der Waals surface area (Å²) in [7, 11) is 0. The van der Waals surface area contributed by atoms with E-state index in [4.69, 9.17) is 28.4 Å². The fraction of sp³-hybridized carbons (Fsp3) is 0.859. The lowest BCUT2D eigenvalue weighted by Gasteiger charge is -2.48. The van der Waals surface area contributed by atoms with E-state index < -0.39 is 124 Å². The molecule has 0 spiro atoms. The van der Waals surface area contributed by atoms with Gasteiger partial charge in [-0.3, -0.25) is 4.79 Å². The van der Waals surface area contributed by atoms with Gasteiger partial charge in [-0.1, -0.05) is 210 Å². The molecule has 0 radical (unpaired) electrons. The molecule has 0 aromatic heterocycles. The Balaban J connectivity index is 1.48. The maximum absolute atomic E-state index is 13.4. The second-order valence-corrected chi connectivity index (χ2v) is 23.2. The Morgan fingerprint density at radius 3 is 1.30 bits per heavy atom. The second-order valence-electron chi connectivity index (χ2n) is 23.2. The van der Waals surface area contributed by atoms with Crippen LogP contribution in [0.15, 0.2) is 48.6 Å². The molecule has 0 bridgehead atoms. The molecule has 12 N–H and O–H groups in total. The molecule has 3 aliphatic heterocycles. The third kappa shape index (κ3) is 30.0. The summed E-state index contributed by atoms with van der Waals surface area (Å²) in [5.74, 6) is -0.286. The molecule has 484 valence electrons. The molecule has 3 fully saturated rings. The highest BCUT2D eigenvalue weighted by Crippen LogP contribution is 2.33. The van der Waals surface area contributed by atoms with E-state index in [-0.39, 0.29) is 18.9 Å². The number of hydrogen-bond acceptors (Lipinski definition) is 18. The van der Waals surface area contributed by atoms with Crippen LogP contribution in [-0.4, -0.2) is 193 Å². The van der Waals surface area contributed by atoms with Gasteiger partial charge in [0.15, 0.2) is 18.9 Å². The highest BCUT2D eigenvalue weighted by molar-refractivity contribution is 5.76. The predicted molar refractivity (Wildman–Crippen MR) is 319 cm³/mol. The fourth-order valence-corrected chi connectivity index (χ4v) is 10.9. The van der Waals surface area contributed by atoms with Crippen LogP contribution in [0, 0.1) is 0 Å². The number of carbonyl (C=O) groups excluding carboxylic acids is 1. The second kappa shape index (κ2) is 46.8. The first-order valence-electron chi connectivity index (χ1n) is 32.4. The van der Waals surface area contributed by atoms with Crippen LogP contribution in [0.4, 0.5) is 0 Å². The van der Waals surface area contributed by atoms with Gasteiger partial charge in [0, 0.05) is 6.42 Å². The average Bonchev–Trinajstić information content (AvgIpc) is 3.35. The third-order valence-corrected chi connectivity index (χ3v) is 16.1. The number of unbranched alkanes of at least 4 members (excludes halogenated alkanes) is 26. The minimum atomic E-state index is -1.98. The first-order valence-corrected chi connectivity index (χ1v) is 32.4. The topological polar surface area (TPSA) is 307 Å². The van der Waals surface area contributed by atoms with E-state index in [0.717, 1.165) is 89.9 Å². The van der Waals surface area contributed by atoms with Gasteiger partial charge < -0.3 is 89.9 Å². The monoisotopic (exact) mass is 1190 g/mol. The largest absolute Gasteiger partial charge is 0.394 e.